The molecule has 1 aliphatic heterocycles. The van der Waals surface area contributed by atoms with Crippen LogP contribution in [0, 0.1) is 0 Å². The van der Waals surface area contributed by atoms with Gasteiger partial charge in [-0.1, -0.05) is 15.9 Å². The highest BCUT2D eigenvalue weighted by atomic mass is 79.9. The van der Waals surface area contributed by atoms with Crippen LogP contribution in [0.15, 0.2) is 28.7 Å². The van der Waals surface area contributed by atoms with Crippen molar-refractivity contribution >= 4 is 27.6 Å². The van der Waals surface area contributed by atoms with Crippen molar-refractivity contribution in [1.29, 1.82) is 0 Å². The zero-order chi connectivity index (χ0) is 13.1. The lowest BCUT2D eigenvalue weighted by Gasteiger charge is -2.40. The van der Waals surface area contributed by atoms with E-state index in [0.717, 1.165) is 16.7 Å². The molecule has 1 aromatic rings. The summed E-state index contributed by atoms with van der Waals surface area (Å²) in [4.78, 5) is 13.1. The van der Waals surface area contributed by atoms with Crippen molar-refractivity contribution in [3.05, 3.63) is 28.7 Å². The Kier molecular flexibility index (Phi) is 4.24. The van der Waals surface area contributed by atoms with Crippen molar-refractivity contribution in [2.24, 2.45) is 0 Å². The molecule has 2 unspecified atom stereocenters. The summed E-state index contributed by atoms with van der Waals surface area (Å²) in [7, 11) is 0. The number of carboxylic acid groups (broad SMARTS) is 1. The minimum atomic E-state index is -0.751. The summed E-state index contributed by atoms with van der Waals surface area (Å²) >= 11 is 3.41. The van der Waals surface area contributed by atoms with Gasteiger partial charge in [-0.25, -0.2) is 0 Å². The van der Waals surface area contributed by atoms with Gasteiger partial charge in [-0.05, 0) is 31.2 Å². The Labute approximate surface area is 115 Å². The van der Waals surface area contributed by atoms with Gasteiger partial charge in [-0.15, -0.1) is 0 Å². The van der Waals surface area contributed by atoms with Crippen molar-refractivity contribution in [1.82, 2.24) is 5.32 Å². The minimum absolute atomic E-state index is 0.0138. The lowest BCUT2D eigenvalue weighted by molar-refractivity contribution is -0.137. The Morgan fingerprint density at radius 1 is 1.50 bits per heavy atom. The van der Waals surface area contributed by atoms with Crippen LogP contribution in [-0.2, 0) is 4.79 Å². The van der Waals surface area contributed by atoms with E-state index in [0.29, 0.717) is 12.6 Å². The first-order valence-electron chi connectivity index (χ1n) is 6.03. The van der Waals surface area contributed by atoms with Gasteiger partial charge < -0.3 is 15.3 Å². The van der Waals surface area contributed by atoms with Crippen molar-refractivity contribution in [3.63, 3.8) is 0 Å². The smallest absolute Gasteiger partial charge is 0.305 e. The minimum Gasteiger partial charge on any atom is -0.481 e. The molecule has 4 nitrogen and oxygen atoms in total. The first-order chi connectivity index (χ1) is 8.56. The molecule has 1 heterocycles. The molecule has 0 aliphatic carbocycles. The van der Waals surface area contributed by atoms with Gasteiger partial charge >= 0.3 is 5.97 Å². The lowest BCUT2D eigenvalue weighted by Crippen LogP contribution is -2.56. The summed E-state index contributed by atoms with van der Waals surface area (Å²) in [5, 5.41) is 12.3. The van der Waals surface area contributed by atoms with Crippen LogP contribution in [0.4, 0.5) is 5.69 Å². The molecule has 1 fully saturated rings. The highest BCUT2D eigenvalue weighted by molar-refractivity contribution is 9.10. The van der Waals surface area contributed by atoms with Crippen LogP contribution < -0.4 is 10.2 Å². The average Bonchev–Trinajstić information content (AvgIpc) is 2.32. The van der Waals surface area contributed by atoms with E-state index in [1.165, 1.54) is 0 Å². The molecule has 0 saturated carbocycles. The molecule has 18 heavy (non-hydrogen) atoms. The summed E-state index contributed by atoms with van der Waals surface area (Å²) in [6.07, 6.45) is 0.162. The first kappa shape index (κ1) is 13.4. The monoisotopic (exact) mass is 312 g/mol. The van der Waals surface area contributed by atoms with E-state index in [4.69, 9.17) is 5.11 Å². The number of hydrogen-bond acceptors (Lipinski definition) is 3. The summed E-state index contributed by atoms with van der Waals surface area (Å²) in [5.74, 6) is -0.751. The third kappa shape index (κ3) is 3.23. The zero-order valence-electron chi connectivity index (χ0n) is 10.3. The van der Waals surface area contributed by atoms with E-state index in [9.17, 15) is 4.79 Å². The largest absolute Gasteiger partial charge is 0.481 e. The molecule has 0 bridgehead atoms. The SMILES string of the molecule is CC1CN(c2ccc(Br)cc2)C(CC(=O)O)CN1. The Morgan fingerprint density at radius 3 is 2.78 bits per heavy atom. The molecule has 2 rings (SSSR count). The van der Waals surface area contributed by atoms with Gasteiger partial charge in [0.25, 0.3) is 0 Å². The maximum absolute atomic E-state index is 10.9. The lowest BCUT2D eigenvalue weighted by atomic mass is 10.1. The number of rotatable bonds is 3. The van der Waals surface area contributed by atoms with E-state index >= 15 is 0 Å². The van der Waals surface area contributed by atoms with Crippen LogP contribution in [0.5, 0.6) is 0 Å². The van der Waals surface area contributed by atoms with Gasteiger partial charge in [0, 0.05) is 29.3 Å². The van der Waals surface area contributed by atoms with Crippen molar-refractivity contribution in [2.75, 3.05) is 18.0 Å². The number of nitrogens with one attached hydrogen (secondary N) is 1. The number of halogens is 1. The number of hydrogen-bond donors (Lipinski definition) is 2. The third-order valence-electron chi connectivity index (χ3n) is 3.18. The number of piperazine rings is 1. The number of carbonyl (C=O) groups is 1. The summed E-state index contributed by atoms with van der Waals surface area (Å²) in [6.45, 7) is 3.66. The van der Waals surface area contributed by atoms with E-state index < -0.39 is 5.97 Å². The molecule has 0 radical (unpaired) electrons. The molecule has 2 atom stereocenters. The topological polar surface area (TPSA) is 52.6 Å². The highest BCUT2D eigenvalue weighted by Crippen LogP contribution is 2.23. The quantitative estimate of drug-likeness (QED) is 0.897. The van der Waals surface area contributed by atoms with Gasteiger partial charge in [0.15, 0.2) is 0 Å². The zero-order valence-corrected chi connectivity index (χ0v) is 11.9. The van der Waals surface area contributed by atoms with Gasteiger partial charge in [-0.3, -0.25) is 4.79 Å². The van der Waals surface area contributed by atoms with Crippen LogP contribution in [0.3, 0.4) is 0 Å². The van der Waals surface area contributed by atoms with Crippen LogP contribution >= 0.6 is 15.9 Å². The van der Waals surface area contributed by atoms with Crippen LogP contribution in [0.25, 0.3) is 0 Å². The maximum atomic E-state index is 10.9. The summed E-state index contributed by atoms with van der Waals surface area (Å²) in [6, 6.07) is 8.41. The van der Waals surface area contributed by atoms with E-state index in [-0.39, 0.29) is 12.5 Å². The van der Waals surface area contributed by atoms with Crippen molar-refractivity contribution in [2.45, 2.75) is 25.4 Å². The second-order valence-corrected chi connectivity index (χ2v) is 5.61. The highest BCUT2D eigenvalue weighted by Gasteiger charge is 2.27. The summed E-state index contributed by atoms with van der Waals surface area (Å²) < 4.78 is 1.03. The van der Waals surface area contributed by atoms with Crippen LogP contribution in [-0.4, -0.2) is 36.2 Å². The third-order valence-corrected chi connectivity index (χ3v) is 3.71. The molecule has 1 aromatic carbocycles. The molecule has 0 aromatic heterocycles. The van der Waals surface area contributed by atoms with Crippen LogP contribution in [0.1, 0.15) is 13.3 Å². The van der Waals surface area contributed by atoms with Crippen molar-refractivity contribution in [3.8, 4) is 0 Å². The molecule has 0 amide bonds. The summed E-state index contributed by atoms with van der Waals surface area (Å²) in [5.41, 5.74) is 1.08. The number of anilines is 1. The van der Waals surface area contributed by atoms with E-state index in [2.05, 4.69) is 33.1 Å². The number of nitrogens with zero attached hydrogens (tertiary/aromatic N) is 1. The van der Waals surface area contributed by atoms with E-state index in [1.54, 1.807) is 0 Å². The predicted octanol–water partition coefficient (Wildman–Crippen LogP) is 2.09. The van der Waals surface area contributed by atoms with Crippen molar-refractivity contribution < 1.29 is 9.90 Å². The van der Waals surface area contributed by atoms with Gasteiger partial charge in [0.1, 0.15) is 0 Å². The Balaban J connectivity index is 2.19. The number of benzene rings is 1. The molecule has 0 spiro atoms. The molecule has 5 heteroatoms. The van der Waals surface area contributed by atoms with Gasteiger partial charge in [0.2, 0.25) is 0 Å². The molecule has 1 aliphatic rings. The Morgan fingerprint density at radius 2 is 2.17 bits per heavy atom. The van der Waals surface area contributed by atoms with Gasteiger partial charge in [-0.2, -0.15) is 0 Å². The number of aliphatic carboxylic acids is 1. The fourth-order valence-electron chi connectivity index (χ4n) is 2.29. The van der Waals surface area contributed by atoms with Crippen LogP contribution in [0.2, 0.25) is 0 Å². The average molecular weight is 313 g/mol. The molecular formula is C13H17BrN2O2. The second-order valence-electron chi connectivity index (χ2n) is 4.69. The molecule has 98 valence electrons. The first-order valence-corrected chi connectivity index (χ1v) is 6.83. The van der Waals surface area contributed by atoms with E-state index in [1.807, 2.05) is 24.3 Å². The van der Waals surface area contributed by atoms with Gasteiger partial charge in [0.05, 0.1) is 12.5 Å². The normalized spacial score (nSPS) is 24.0. The maximum Gasteiger partial charge on any atom is 0.305 e. The fourth-order valence-corrected chi connectivity index (χ4v) is 2.55. The molecule has 2 N–H and O–H groups in total. The predicted molar refractivity (Wildman–Crippen MR) is 75.0 cm³/mol. The number of carboxylic acids is 1. The standard InChI is InChI=1S/C13H17BrN2O2/c1-9-8-16(11-4-2-10(14)3-5-11)12(7-15-9)6-13(17)18/h2-5,9,12,15H,6-8H2,1H3,(H,17,18). The Hall–Kier alpha value is -1.07. The molecule has 1 saturated heterocycles. The fraction of sp³-hybridized carbons (Fsp3) is 0.462. The molecular weight excluding hydrogens is 296 g/mol. The second kappa shape index (κ2) is 5.71. The Bertz CT molecular complexity index is 422.